The van der Waals surface area contributed by atoms with Gasteiger partial charge in [-0.05, 0) is 50.1 Å². The molecule has 0 unspecified atom stereocenters. The number of halogens is 3. The van der Waals surface area contributed by atoms with Crippen LogP contribution in [-0.2, 0) is 6.18 Å². The van der Waals surface area contributed by atoms with Gasteiger partial charge in [0.15, 0.2) is 5.65 Å². The molecule has 134 valence electrons. The highest BCUT2D eigenvalue weighted by atomic mass is 19.4. The fraction of sp³-hybridized carbons (Fsp3) is 0.278. The minimum atomic E-state index is -4.50. The van der Waals surface area contributed by atoms with Crippen molar-refractivity contribution in [1.82, 2.24) is 14.8 Å². The lowest BCUT2D eigenvalue weighted by molar-refractivity contribution is -0.136. The largest absolute Gasteiger partial charge is 0.478 e. The molecule has 1 saturated carbocycles. The van der Waals surface area contributed by atoms with E-state index in [1.807, 2.05) is 0 Å². The Morgan fingerprint density at radius 3 is 2.42 bits per heavy atom. The van der Waals surface area contributed by atoms with Crippen LogP contribution in [0, 0.1) is 6.92 Å². The summed E-state index contributed by atoms with van der Waals surface area (Å²) in [5.41, 5.74) is 0.612. The van der Waals surface area contributed by atoms with Crippen molar-refractivity contribution in [1.29, 1.82) is 0 Å². The molecule has 1 fully saturated rings. The predicted molar refractivity (Wildman–Crippen MR) is 87.5 cm³/mol. The molecule has 0 spiro atoms. The van der Waals surface area contributed by atoms with Crippen molar-refractivity contribution in [2.75, 3.05) is 0 Å². The Morgan fingerprint density at radius 2 is 1.88 bits per heavy atom. The van der Waals surface area contributed by atoms with Crippen LogP contribution >= 0.6 is 0 Å². The summed E-state index contributed by atoms with van der Waals surface area (Å²) in [5, 5.41) is 13.2. The summed E-state index contributed by atoms with van der Waals surface area (Å²) in [6.45, 7) is 1.51. The van der Waals surface area contributed by atoms with Gasteiger partial charge in [0.05, 0.1) is 27.9 Å². The summed E-state index contributed by atoms with van der Waals surface area (Å²) >= 11 is 0. The summed E-state index contributed by atoms with van der Waals surface area (Å²) in [6.07, 6.45) is -2.84. The van der Waals surface area contributed by atoms with Gasteiger partial charge in [-0.2, -0.15) is 18.3 Å². The molecule has 8 heteroatoms. The Balaban J connectivity index is 1.96. The van der Waals surface area contributed by atoms with E-state index in [9.17, 15) is 18.0 Å². The fourth-order valence-corrected chi connectivity index (χ4v) is 3.05. The zero-order valence-electron chi connectivity index (χ0n) is 13.7. The lowest BCUT2D eigenvalue weighted by atomic mass is 10.1. The number of pyridine rings is 1. The van der Waals surface area contributed by atoms with Crippen molar-refractivity contribution < 1.29 is 23.1 Å². The number of aromatic nitrogens is 3. The zero-order valence-corrected chi connectivity index (χ0v) is 13.7. The first-order valence-corrected chi connectivity index (χ1v) is 8.07. The minimum Gasteiger partial charge on any atom is -0.478 e. The van der Waals surface area contributed by atoms with Gasteiger partial charge in [-0.25, -0.2) is 14.5 Å². The van der Waals surface area contributed by atoms with Crippen molar-refractivity contribution in [3.63, 3.8) is 0 Å². The number of hydrogen-bond donors (Lipinski definition) is 1. The van der Waals surface area contributed by atoms with Crippen LogP contribution in [0.25, 0.3) is 16.7 Å². The van der Waals surface area contributed by atoms with Crippen molar-refractivity contribution in [3.8, 4) is 5.69 Å². The Kier molecular flexibility index (Phi) is 3.54. The maximum Gasteiger partial charge on any atom is 0.417 e. The molecular weight excluding hydrogens is 347 g/mol. The lowest BCUT2D eigenvalue weighted by Crippen LogP contribution is -2.08. The first kappa shape index (κ1) is 16.6. The summed E-state index contributed by atoms with van der Waals surface area (Å²) in [6, 6.07) is 6.92. The number of fused-ring (bicyclic) bond motifs is 1. The molecule has 0 bridgehead atoms. The molecule has 2 heterocycles. The Hall–Kier alpha value is -2.90. The van der Waals surface area contributed by atoms with Crippen LogP contribution in [-0.4, -0.2) is 25.8 Å². The van der Waals surface area contributed by atoms with Gasteiger partial charge < -0.3 is 5.11 Å². The van der Waals surface area contributed by atoms with E-state index in [0.29, 0.717) is 11.4 Å². The first-order valence-electron chi connectivity index (χ1n) is 8.07. The molecule has 0 amide bonds. The van der Waals surface area contributed by atoms with Crippen molar-refractivity contribution in [3.05, 3.63) is 52.8 Å². The number of aryl methyl sites for hydroxylation is 1. The Morgan fingerprint density at radius 1 is 1.23 bits per heavy atom. The molecule has 0 saturated heterocycles. The minimum absolute atomic E-state index is 0.0239. The van der Waals surface area contributed by atoms with Crippen LogP contribution in [0.2, 0.25) is 0 Å². The van der Waals surface area contributed by atoms with Gasteiger partial charge in [0.1, 0.15) is 0 Å². The van der Waals surface area contributed by atoms with E-state index in [2.05, 4.69) is 10.1 Å². The van der Waals surface area contributed by atoms with Gasteiger partial charge in [-0.15, -0.1) is 0 Å². The average Bonchev–Trinajstić information content (AvgIpc) is 3.38. The normalized spacial score (nSPS) is 14.8. The number of hydrogen-bond acceptors (Lipinski definition) is 3. The molecule has 0 atom stereocenters. The van der Waals surface area contributed by atoms with Crippen molar-refractivity contribution >= 4 is 17.0 Å². The van der Waals surface area contributed by atoms with Gasteiger partial charge in [0.25, 0.3) is 0 Å². The molecule has 0 radical (unpaired) electrons. The highest BCUT2D eigenvalue weighted by Crippen LogP contribution is 2.43. The van der Waals surface area contributed by atoms with E-state index in [-0.39, 0.29) is 28.2 Å². The second kappa shape index (κ2) is 5.55. The molecule has 26 heavy (non-hydrogen) atoms. The Labute approximate surface area is 146 Å². The molecule has 1 N–H and O–H groups in total. The summed E-state index contributed by atoms with van der Waals surface area (Å²) in [5.74, 6) is -1.02. The summed E-state index contributed by atoms with van der Waals surface area (Å²) < 4.78 is 42.1. The van der Waals surface area contributed by atoms with Crippen LogP contribution in [0.4, 0.5) is 13.2 Å². The molecular formula is C18H14F3N3O2. The number of carboxylic acids is 1. The van der Waals surface area contributed by atoms with Crippen molar-refractivity contribution in [2.45, 2.75) is 31.9 Å². The molecule has 4 rings (SSSR count). The van der Waals surface area contributed by atoms with Crippen LogP contribution in [0.3, 0.4) is 0 Å². The molecule has 1 aliphatic carbocycles. The van der Waals surface area contributed by atoms with E-state index in [1.54, 1.807) is 0 Å². The smallest absolute Gasteiger partial charge is 0.417 e. The number of alkyl halides is 3. The molecule has 3 aromatic rings. The van der Waals surface area contributed by atoms with E-state index < -0.39 is 17.7 Å². The SMILES string of the molecule is Cc1nn(-c2ccc(C(=O)O)cc2)c2nc(C3CC3)cc(C(F)(F)F)c12. The van der Waals surface area contributed by atoms with E-state index in [4.69, 9.17) is 5.11 Å². The van der Waals surface area contributed by atoms with E-state index in [1.165, 1.54) is 35.9 Å². The summed E-state index contributed by atoms with van der Waals surface area (Å²) in [4.78, 5) is 15.4. The predicted octanol–water partition coefficient (Wildman–Crippen LogP) is 4.32. The van der Waals surface area contributed by atoms with Gasteiger partial charge >= 0.3 is 12.1 Å². The maximum absolute atomic E-state index is 13.6. The second-order valence-corrected chi connectivity index (χ2v) is 6.41. The van der Waals surface area contributed by atoms with Crippen molar-refractivity contribution in [2.24, 2.45) is 0 Å². The molecule has 0 aliphatic heterocycles. The fourth-order valence-electron chi connectivity index (χ4n) is 3.05. The summed E-state index contributed by atoms with van der Waals surface area (Å²) in [7, 11) is 0. The highest BCUT2D eigenvalue weighted by molar-refractivity contribution is 5.88. The maximum atomic E-state index is 13.6. The average molecular weight is 361 g/mol. The Bertz CT molecular complexity index is 1020. The van der Waals surface area contributed by atoms with Gasteiger partial charge in [-0.3, -0.25) is 0 Å². The second-order valence-electron chi connectivity index (χ2n) is 6.41. The van der Waals surface area contributed by atoms with E-state index in [0.717, 1.165) is 18.9 Å². The van der Waals surface area contributed by atoms with E-state index >= 15 is 0 Å². The van der Waals surface area contributed by atoms with Crippen LogP contribution in [0.15, 0.2) is 30.3 Å². The van der Waals surface area contributed by atoms with Crippen LogP contribution < -0.4 is 0 Å². The molecule has 2 aromatic heterocycles. The third kappa shape index (κ3) is 2.71. The monoisotopic (exact) mass is 361 g/mol. The van der Waals surface area contributed by atoms with Crippen LogP contribution in [0.5, 0.6) is 0 Å². The number of nitrogens with zero attached hydrogens (tertiary/aromatic N) is 3. The quantitative estimate of drug-likeness (QED) is 0.754. The first-order chi connectivity index (χ1) is 12.3. The van der Waals surface area contributed by atoms with Crippen LogP contribution in [0.1, 0.15) is 46.1 Å². The third-order valence-corrected chi connectivity index (χ3v) is 4.49. The molecule has 5 nitrogen and oxygen atoms in total. The van der Waals surface area contributed by atoms with Gasteiger partial charge in [-0.1, -0.05) is 0 Å². The number of benzene rings is 1. The zero-order chi connectivity index (χ0) is 18.6. The standard InChI is InChI=1S/C18H14F3N3O2/c1-9-15-13(18(19,20)21)8-14(10-2-3-10)22-16(15)24(23-9)12-6-4-11(5-7-12)17(25)26/h4-8,10H,2-3H2,1H3,(H,25,26). The topological polar surface area (TPSA) is 68.0 Å². The lowest BCUT2D eigenvalue weighted by Gasteiger charge is -2.11. The molecule has 1 aromatic carbocycles. The third-order valence-electron chi connectivity index (χ3n) is 4.49. The number of rotatable bonds is 3. The number of aromatic carboxylic acids is 1. The highest BCUT2D eigenvalue weighted by Gasteiger charge is 2.37. The number of carboxylic acid groups (broad SMARTS) is 1. The van der Waals surface area contributed by atoms with Gasteiger partial charge in [0, 0.05) is 11.6 Å². The molecule has 1 aliphatic rings. The van der Waals surface area contributed by atoms with Gasteiger partial charge in [0.2, 0.25) is 0 Å². The number of carbonyl (C=O) groups is 1.